The van der Waals surface area contributed by atoms with Crippen molar-refractivity contribution >= 4 is 15.9 Å². The molecule has 0 fully saturated rings. The summed E-state index contributed by atoms with van der Waals surface area (Å²) in [5.74, 6) is 1.75. The molecule has 88 valence electrons. The lowest BCUT2D eigenvalue weighted by Gasteiger charge is -2.22. The largest absolute Gasteiger partial charge is 0.486 e. The summed E-state index contributed by atoms with van der Waals surface area (Å²) in [4.78, 5) is 0. The van der Waals surface area contributed by atoms with E-state index >= 15 is 0 Å². The fraction of sp³-hybridized carbons (Fsp3) is 0.500. The van der Waals surface area contributed by atoms with E-state index in [0.717, 1.165) is 28.9 Å². The van der Waals surface area contributed by atoms with Gasteiger partial charge in [-0.05, 0) is 44.1 Å². The van der Waals surface area contributed by atoms with Crippen LogP contribution in [0.25, 0.3) is 0 Å². The second-order valence-electron chi connectivity index (χ2n) is 3.84. The van der Waals surface area contributed by atoms with E-state index in [0.29, 0.717) is 13.2 Å². The Hall–Kier alpha value is -0.740. The summed E-state index contributed by atoms with van der Waals surface area (Å²) >= 11 is 3.59. The highest BCUT2D eigenvalue weighted by Crippen LogP contribution is 2.39. The third kappa shape index (κ3) is 2.18. The Labute approximate surface area is 104 Å². The van der Waals surface area contributed by atoms with Crippen molar-refractivity contribution < 1.29 is 9.47 Å². The van der Waals surface area contributed by atoms with Gasteiger partial charge in [0, 0.05) is 4.47 Å². The summed E-state index contributed by atoms with van der Waals surface area (Å²) in [6.45, 7) is 4.32. The molecule has 0 radical (unpaired) electrons. The molecule has 0 saturated carbocycles. The molecule has 0 aromatic heterocycles. The predicted octanol–water partition coefficient (Wildman–Crippen LogP) is 2.29. The minimum Gasteiger partial charge on any atom is -0.486 e. The molecule has 0 aliphatic carbocycles. The van der Waals surface area contributed by atoms with Gasteiger partial charge in [0.25, 0.3) is 0 Å². The van der Waals surface area contributed by atoms with Crippen LogP contribution < -0.4 is 14.8 Å². The zero-order valence-corrected chi connectivity index (χ0v) is 11.2. The Morgan fingerprint density at radius 1 is 1.38 bits per heavy atom. The van der Waals surface area contributed by atoms with E-state index in [2.05, 4.69) is 28.2 Å². The maximum atomic E-state index is 5.66. The van der Waals surface area contributed by atoms with E-state index in [1.165, 1.54) is 11.1 Å². The van der Waals surface area contributed by atoms with Crippen LogP contribution in [0.5, 0.6) is 11.5 Å². The van der Waals surface area contributed by atoms with E-state index in [4.69, 9.17) is 9.47 Å². The summed E-state index contributed by atoms with van der Waals surface area (Å²) in [5, 5.41) is 3.16. The monoisotopic (exact) mass is 285 g/mol. The van der Waals surface area contributed by atoms with Crippen LogP contribution >= 0.6 is 15.9 Å². The van der Waals surface area contributed by atoms with Gasteiger partial charge in [-0.3, -0.25) is 0 Å². The average Bonchev–Trinajstić information content (AvgIpc) is 2.29. The van der Waals surface area contributed by atoms with Crippen LogP contribution in [-0.4, -0.2) is 26.8 Å². The SMILES string of the molecule is CNCCc1c(Br)cc2c(c1C)OCCO2. The molecule has 3 nitrogen and oxygen atoms in total. The van der Waals surface area contributed by atoms with E-state index < -0.39 is 0 Å². The van der Waals surface area contributed by atoms with Crippen molar-refractivity contribution in [3.05, 3.63) is 21.7 Å². The van der Waals surface area contributed by atoms with Crippen molar-refractivity contribution in [1.29, 1.82) is 0 Å². The predicted molar refractivity (Wildman–Crippen MR) is 67.5 cm³/mol. The molecular formula is C12H16BrNO2. The van der Waals surface area contributed by atoms with Gasteiger partial charge in [0.05, 0.1) is 0 Å². The number of rotatable bonds is 3. The van der Waals surface area contributed by atoms with Crippen molar-refractivity contribution in [2.75, 3.05) is 26.8 Å². The summed E-state index contributed by atoms with van der Waals surface area (Å²) in [5.41, 5.74) is 2.47. The maximum Gasteiger partial charge on any atom is 0.164 e. The molecule has 1 aromatic rings. The molecule has 1 aliphatic rings. The fourth-order valence-electron chi connectivity index (χ4n) is 1.91. The molecule has 2 rings (SSSR count). The van der Waals surface area contributed by atoms with Gasteiger partial charge in [-0.2, -0.15) is 0 Å². The number of likely N-dealkylation sites (N-methyl/N-ethyl adjacent to an activating group) is 1. The van der Waals surface area contributed by atoms with Gasteiger partial charge in [0.15, 0.2) is 11.5 Å². The molecule has 1 aliphatic heterocycles. The molecule has 16 heavy (non-hydrogen) atoms. The zero-order chi connectivity index (χ0) is 11.5. The summed E-state index contributed by atoms with van der Waals surface area (Å²) in [6, 6.07) is 2.01. The van der Waals surface area contributed by atoms with Gasteiger partial charge in [-0.1, -0.05) is 15.9 Å². The molecule has 0 atom stereocenters. The van der Waals surface area contributed by atoms with E-state index in [1.54, 1.807) is 0 Å². The number of hydrogen-bond acceptors (Lipinski definition) is 3. The van der Waals surface area contributed by atoms with E-state index in [9.17, 15) is 0 Å². The highest BCUT2D eigenvalue weighted by molar-refractivity contribution is 9.10. The van der Waals surface area contributed by atoms with E-state index in [-0.39, 0.29) is 0 Å². The molecule has 1 N–H and O–H groups in total. The molecule has 1 aromatic carbocycles. The fourth-order valence-corrected chi connectivity index (χ4v) is 2.61. The lowest BCUT2D eigenvalue weighted by Crippen LogP contribution is -2.18. The molecule has 1 heterocycles. The number of benzene rings is 1. The Bertz CT molecular complexity index is 393. The summed E-state index contributed by atoms with van der Waals surface area (Å²) < 4.78 is 12.3. The van der Waals surface area contributed by atoms with Crippen molar-refractivity contribution in [1.82, 2.24) is 5.32 Å². The molecular weight excluding hydrogens is 270 g/mol. The lowest BCUT2D eigenvalue weighted by atomic mass is 10.0. The molecule has 0 saturated heterocycles. The number of hydrogen-bond donors (Lipinski definition) is 1. The van der Waals surface area contributed by atoms with Crippen LogP contribution in [-0.2, 0) is 6.42 Å². The van der Waals surface area contributed by atoms with Gasteiger partial charge < -0.3 is 14.8 Å². The van der Waals surface area contributed by atoms with Crippen LogP contribution in [0.4, 0.5) is 0 Å². The first-order valence-corrected chi connectivity index (χ1v) is 6.25. The number of fused-ring (bicyclic) bond motifs is 1. The van der Waals surface area contributed by atoms with Gasteiger partial charge in [-0.25, -0.2) is 0 Å². The van der Waals surface area contributed by atoms with E-state index in [1.807, 2.05) is 13.1 Å². The van der Waals surface area contributed by atoms with Gasteiger partial charge in [0.1, 0.15) is 13.2 Å². The summed E-state index contributed by atoms with van der Waals surface area (Å²) in [7, 11) is 1.96. The van der Waals surface area contributed by atoms with Crippen molar-refractivity contribution in [2.45, 2.75) is 13.3 Å². The van der Waals surface area contributed by atoms with Gasteiger partial charge in [0.2, 0.25) is 0 Å². The number of halogens is 1. The second kappa shape index (κ2) is 5.06. The van der Waals surface area contributed by atoms with Crippen molar-refractivity contribution in [3.63, 3.8) is 0 Å². The smallest absolute Gasteiger partial charge is 0.164 e. The van der Waals surface area contributed by atoms with Crippen LogP contribution in [0, 0.1) is 6.92 Å². The first kappa shape index (κ1) is 11.7. The maximum absolute atomic E-state index is 5.66. The number of ether oxygens (including phenoxy) is 2. The first-order valence-electron chi connectivity index (χ1n) is 5.46. The zero-order valence-electron chi connectivity index (χ0n) is 9.60. The van der Waals surface area contributed by atoms with Crippen molar-refractivity contribution in [2.24, 2.45) is 0 Å². The Morgan fingerprint density at radius 2 is 2.12 bits per heavy atom. The highest BCUT2D eigenvalue weighted by atomic mass is 79.9. The third-order valence-corrected chi connectivity index (χ3v) is 3.48. The van der Waals surface area contributed by atoms with Gasteiger partial charge in [-0.15, -0.1) is 0 Å². The molecule has 4 heteroatoms. The van der Waals surface area contributed by atoms with Crippen LogP contribution in [0.1, 0.15) is 11.1 Å². The Balaban J connectivity index is 2.37. The minimum absolute atomic E-state index is 0.634. The average molecular weight is 286 g/mol. The van der Waals surface area contributed by atoms with Crippen molar-refractivity contribution in [3.8, 4) is 11.5 Å². The Kier molecular flexibility index (Phi) is 3.71. The quantitative estimate of drug-likeness (QED) is 0.924. The third-order valence-electron chi connectivity index (χ3n) is 2.78. The topological polar surface area (TPSA) is 30.5 Å². The first-order chi connectivity index (χ1) is 7.74. The van der Waals surface area contributed by atoms with Crippen LogP contribution in [0.3, 0.4) is 0 Å². The van der Waals surface area contributed by atoms with Crippen LogP contribution in [0.2, 0.25) is 0 Å². The molecule has 0 bridgehead atoms. The lowest BCUT2D eigenvalue weighted by molar-refractivity contribution is 0.170. The normalized spacial score (nSPS) is 13.9. The number of nitrogens with one attached hydrogen (secondary N) is 1. The molecule has 0 amide bonds. The summed E-state index contributed by atoms with van der Waals surface area (Å²) in [6.07, 6.45) is 0.986. The van der Waals surface area contributed by atoms with Gasteiger partial charge >= 0.3 is 0 Å². The minimum atomic E-state index is 0.634. The van der Waals surface area contributed by atoms with Crippen LogP contribution in [0.15, 0.2) is 10.5 Å². The second-order valence-corrected chi connectivity index (χ2v) is 4.69. The standard InChI is InChI=1S/C12H16BrNO2/c1-8-9(3-4-14-2)10(13)7-11-12(8)16-6-5-15-11/h7,14H,3-6H2,1-2H3. The molecule has 0 spiro atoms. The highest BCUT2D eigenvalue weighted by Gasteiger charge is 2.18. The molecule has 0 unspecified atom stereocenters. The Morgan fingerprint density at radius 3 is 2.88 bits per heavy atom.